The lowest BCUT2D eigenvalue weighted by Crippen LogP contribution is -1.84. The molecule has 0 bridgehead atoms. The van der Waals surface area contributed by atoms with Crippen LogP contribution in [0.4, 0.5) is 0 Å². The van der Waals surface area contributed by atoms with Crippen molar-refractivity contribution < 1.29 is 14.3 Å². The number of benzene rings is 2. The third-order valence-corrected chi connectivity index (χ3v) is 2.73. The van der Waals surface area contributed by atoms with E-state index in [-0.39, 0.29) is 5.75 Å². The first-order valence-electron chi connectivity index (χ1n) is 6.51. The predicted molar refractivity (Wildman–Crippen MR) is 79.0 cm³/mol. The molecule has 4 heteroatoms. The van der Waals surface area contributed by atoms with E-state index >= 15 is 0 Å². The minimum absolute atomic E-state index is 0.113. The fraction of sp³-hybridized carbons (Fsp3) is 0.188. The van der Waals surface area contributed by atoms with E-state index < -0.39 is 0 Å². The molecule has 20 heavy (non-hydrogen) atoms. The molecule has 0 radical (unpaired) electrons. The molecular formula is C16H17NO3. The summed E-state index contributed by atoms with van der Waals surface area (Å²) < 4.78 is 10.7. The van der Waals surface area contributed by atoms with Gasteiger partial charge >= 0.3 is 0 Å². The quantitative estimate of drug-likeness (QED) is 0.757. The Morgan fingerprint density at radius 3 is 2.55 bits per heavy atom. The molecule has 3 aromatic rings. The summed E-state index contributed by atoms with van der Waals surface area (Å²) in [5.41, 5.74) is 1.97. The number of ether oxygens (including phenoxy) is 1. The van der Waals surface area contributed by atoms with Gasteiger partial charge in [0.05, 0.1) is 12.7 Å². The summed E-state index contributed by atoms with van der Waals surface area (Å²) in [7, 11) is 1.57. The largest absolute Gasteiger partial charge is 0.507 e. The first kappa shape index (κ1) is 13.9. The lowest BCUT2D eigenvalue weighted by Gasteiger charge is -2.03. The Kier molecular flexibility index (Phi) is 4.25. The van der Waals surface area contributed by atoms with Crippen LogP contribution in [0.3, 0.4) is 0 Å². The second-order valence-corrected chi connectivity index (χ2v) is 3.87. The normalized spacial score (nSPS) is 9.95. The van der Waals surface area contributed by atoms with Crippen molar-refractivity contribution in [3.8, 4) is 23.0 Å². The van der Waals surface area contributed by atoms with Crippen LogP contribution in [0.2, 0.25) is 0 Å². The monoisotopic (exact) mass is 271 g/mol. The number of hydrogen-bond acceptors (Lipinski definition) is 4. The SMILES string of the molecule is CC.COc1ccc(O)c(-c2nc3ccccc3o2)c1. The Morgan fingerprint density at radius 2 is 1.85 bits per heavy atom. The van der Waals surface area contributed by atoms with Gasteiger partial charge in [-0.3, -0.25) is 0 Å². The number of para-hydroxylation sites is 2. The third kappa shape index (κ3) is 2.59. The summed E-state index contributed by atoms with van der Waals surface area (Å²) in [6.45, 7) is 4.00. The number of oxazole rings is 1. The minimum Gasteiger partial charge on any atom is -0.507 e. The predicted octanol–water partition coefficient (Wildman–Crippen LogP) is 4.24. The smallest absolute Gasteiger partial charge is 0.231 e. The molecule has 3 rings (SSSR count). The van der Waals surface area contributed by atoms with Crippen LogP contribution in [0.1, 0.15) is 13.8 Å². The Labute approximate surface area is 117 Å². The third-order valence-electron chi connectivity index (χ3n) is 2.73. The number of fused-ring (bicyclic) bond motifs is 1. The number of methoxy groups -OCH3 is 1. The lowest BCUT2D eigenvalue weighted by atomic mass is 10.2. The highest BCUT2D eigenvalue weighted by atomic mass is 16.5. The van der Waals surface area contributed by atoms with E-state index in [4.69, 9.17) is 9.15 Å². The zero-order chi connectivity index (χ0) is 14.5. The summed E-state index contributed by atoms with van der Waals surface area (Å²) in [6.07, 6.45) is 0. The molecule has 0 saturated heterocycles. The number of aromatic hydroxyl groups is 1. The van der Waals surface area contributed by atoms with E-state index in [0.717, 1.165) is 5.52 Å². The first-order chi connectivity index (χ1) is 9.78. The number of aromatic nitrogens is 1. The van der Waals surface area contributed by atoms with Gasteiger partial charge in [0.15, 0.2) is 5.58 Å². The number of phenolic OH excluding ortho intramolecular Hbond substituents is 1. The van der Waals surface area contributed by atoms with Crippen LogP contribution in [0, 0.1) is 0 Å². The molecule has 104 valence electrons. The molecule has 0 amide bonds. The van der Waals surface area contributed by atoms with Crippen LogP contribution >= 0.6 is 0 Å². The summed E-state index contributed by atoms with van der Waals surface area (Å²) in [5, 5.41) is 9.85. The Bertz CT molecular complexity index is 671. The van der Waals surface area contributed by atoms with Gasteiger partial charge in [-0.05, 0) is 30.3 Å². The summed E-state index contributed by atoms with van der Waals surface area (Å²) >= 11 is 0. The van der Waals surface area contributed by atoms with E-state index in [2.05, 4.69) is 4.98 Å². The number of nitrogens with zero attached hydrogens (tertiary/aromatic N) is 1. The topological polar surface area (TPSA) is 55.5 Å². The average molecular weight is 271 g/mol. The highest BCUT2D eigenvalue weighted by molar-refractivity contribution is 5.77. The van der Waals surface area contributed by atoms with Crippen molar-refractivity contribution in [2.75, 3.05) is 7.11 Å². The van der Waals surface area contributed by atoms with Crippen LogP contribution in [-0.4, -0.2) is 17.2 Å². The van der Waals surface area contributed by atoms with Crippen LogP contribution in [0.15, 0.2) is 46.9 Å². The van der Waals surface area contributed by atoms with Crippen molar-refractivity contribution >= 4 is 11.1 Å². The molecular weight excluding hydrogens is 254 g/mol. The van der Waals surface area contributed by atoms with E-state index in [1.807, 2.05) is 38.1 Å². The summed E-state index contributed by atoms with van der Waals surface area (Å²) in [5.74, 6) is 1.14. The zero-order valence-electron chi connectivity index (χ0n) is 11.8. The molecule has 0 fully saturated rings. The van der Waals surface area contributed by atoms with Gasteiger partial charge in [-0.2, -0.15) is 0 Å². The summed E-state index contributed by atoms with van der Waals surface area (Å²) in [6, 6.07) is 12.4. The zero-order valence-corrected chi connectivity index (χ0v) is 11.8. The Balaban J connectivity index is 0.000000704. The van der Waals surface area contributed by atoms with Crippen LogP contribution in [-0.2, 0) is 0 Å². The van der Waals surface area contributed by atoms with Gasteiger partial charge in [-0.1, -0.05) is 26.0 Å². The van der Waals surface area contributed by atoms with Crippen molar-refractivity contribution in [1.29, 1.82) is 0 Å². The van der Waals surface area contributed by atoms with Gasteiger partial charge in [0.1, 0.15) is 17.0 Å². The van der Waals surface area contributed by atoms with Crippen LogP contribution in [0.25, 0.3) is 22.6 Å². The number of rotatable bonds is 2. The maximum Gasteiger partial charge on any atom is 0.231 e. The Hall–Kier alpha value is -2.49. The van der Waals surface area contributed by atoms with Crippen molar-refractivity contribution in [1.82, 2.24) is 4.98 Å². The maximum absolute atomic E-state index is 9.85. The molecule has 0 atom stereocenters. The second kappa shape index (κ2) is 6.10. The maximum atomic E-state index is 9.85. The molecule has 0 saturated carbocycles. The number of hydrogen-bond donors (Lipinski definition) is 1. The second-order valence-electron chi connectivity index (χ2n) is 3.87. The lowest BCUT2D eigenvalue weighted by molar-refractivity contribution is 0.412. The minimum atomic E-state index is 0.113. The van der Waals surface area contributed by atoms with Gasteiger partial charge in [-0.25, -0.2) is 4.98 Å². The van der Waals surface area contributed by atoms with E-state index in [9.17, 15) is 5.11 Å². The Morgan fingerprint density at radius 1 is 1.10 bits per heavy atom. The molecule has 1 heterocycles. The molecule has 0 aliphatic carbocycles. The molecule has 1 aromatic heterocycles. The standard InChI is InChI=1S/C14H11NO3.C2H6/c1-17-9-6-7-12(16)10(8-9)14-15-11-4-2-3-5-13(11)18-14;1-2/h2-8,16H,1H3;1-2H3. The van der Waals surface area contributed by atoms with E-state index in [1.54, 1.807) is 25.3 Å². The molecule has 0 aliphatic rings. The molecule has 4 nitrogen and oxygen atoms in total. The van der Waals surface area contributed by atoms with Crippen LogP contribution < -0.4 is 4.74 Å². The molecule has 2 aromatic carbocycles. The van der Waals surface area contributed by atoms with Crippen molar-refractivity contribution in [2.45, 2.75) is 13.8 Å². The van der Waals surface area contributed by atoms with E-state index in [0.29, 0.717) is 22.8 Å². The summed E-state index contributed by atoms with van der Waals surface area (Å²) in [4.78, 5) is 4.34. The fourth-order valence-electron chi connectivity index (χ4n) is 1.80. The van der Waals surface area contributed by atoms with Crippen molar-refractivity contribution in [2.24, 2.45) is 0 Å². The van der Waals surface area contributed by atoms with Gasteiger partial charge in [0, 0.05) is 0 Å². The molecule has 0 aliphatic heterocycles. The van der Waals surface area contributed by atoms with Crippen molar-refractivity contribution in [3.05, 3.63) is 42.5 Å². The molecule has 1 N–H and O–H groups in total. The fourth-order valence-corrected chi connectivity index (χ4v) is 1.80. The van der Waals surface area contributed by atoms with Crippen LogP contribution in [0.5, 0.6) is 11.5 Å². The average Bonchev–Trinajstić information content (AvgIpc) is 2.93. The van der Waals surface area contributed by atoms with E-state index in [1.165, 1.54) is 0 Å². The van der Waals surface area contributed by atoms with Gasteiger partial charge in [-0.15, -0.1) is 0 Å². The molecule has 0 unspecified atom stereocenters. The van der Waals surface area contributed by atoms with Gasteiger partial charge in [0.2, 0.25) is 5.89 Å². The number of phenols is 1. The molecule has 0 spiro atoms. The highest BCUT2D eigenvalue weighted by Gasteiger charge is 2.12. The van der Waals surface area contributed by atoms with Crippen molar-refractivity contribution in [3.63, 3.8) is 0 Å². The van der Waals surface area contributed by atoms with Gasteiger partial charge < -0.3 is 14.3 Å². The highest BCUT2D eigenvalue weighted by Crippen LogP contribution is 2.33. The van der Waals surface area contributed by atoms with Gasteiger partial charge in [0.25, 0.3) is 0 Å². The first-order valence-corrected chi connectivity index (χ1v) is 6.51.